The molecule has 1 aliphatic carbocycles. The van der Waals surface area contributed by atoms with Gasteiger partial charge in [0.25, 0.3) is 5.91 Å². The molecule has 1 aliphatic rings. The summed E-state index contributed by atoms with van der Waals surface area (Å²) in [6.07, 6.45) is 2.50. The fourth-order valence-electron chi connectivity index (χ4n) is 1.92. The monoisotopic (exact) mass is 236 g/mol. The number of para-hydroxylation sites is 1. The molecule has 0 radical (unpaired) electrons. The highest BCUT2D eigenvalue weighted by Crippen LogP contribution is 2.36. The normalized spacial score (nSPS) is 16.6. The van der Waals surface area contributed by atoms with Crippen LogP contribution < -0.4 is 11.1 Å². The highest BCUT2D eigenvalue weighted by atomic mass is 19.1. The summed E-state index contributed by atoms with van der Waals surface area (Å²) in [6.45, 7) is 2.74. The number of halogens is 1. The SMILES string of the molecule is CC(CNC(=O)c1cccc(F)c1N)C1CC1. The van der Waals surface area contributed by atoms with Crippen LogP contribution in [0.15, 0.2) is 18.2 Å². The molecule has 4 heteroatoms. The molecule has 1 amide bonds. The van der Waals surface area contributed by atoms with Gasteiger partial charge in [-0.05, 0) is 36.8 Å². The minimum absolute atomic E-state index is 0.0796. The Morgan fingerprint density at radius 3 is 2.94 bits per heavy atom. The average Bonchev–Trinajstić information content (AvgIpc) is 3.13. The van der Waals surface area contributed by atoms with Gasteiger partial charge >= 0.3 is 0 Å². The summed E-state index contributed by atoms with van der Waals surface area (Å²) >= 11 is 0. The Morgan fingerprint density at radius 1 is 1.59 bits per heavy atom. The molecular formula is C13H17FN2O. The zero-order valence-corrected chi connectivity index (χ0v) is 9.87. The lowest BCUT2D eigenvalue weighted by Gasteiger charge is -2.12. The molecule has 92 valence electrons. The van der Waals surface area contributed by atoms with Crippen molar-refractivity contribution in [1.29, 1.82) is 0 Å². The molecule has 0 saturated heterocycles. The van der Waals surface area contributed by atoms with Crippen LogP contribution in [0.3, 0.4) is 0 Å². The van der Waals surface area contributed by atoms with Crippen molar-refractivity contribution >= 4 is 11.6 Å². The Labute approximate surface area is 100 Å². The largest absolute Gasteiger partial charge is 0.396 e. The maximum atomic E-state index is 13.2. The molecule has 1 atom stereocenters. The fraction of sp³-hybridized carbons (Fsp3) is 0.462. The van der Waals surface area contributed by atoms with Crippen LogP contribution in [0, 0.1) is 17.7 Å². The third-order valence-corrected chi connectivity index (χ3v) is 3.31. The second-order valence-corrected chi connectivity index (χ2v) is 4.73. The predicted octanol–water partition coefficient (Wildman–Crippen LogP) is 2.18. The minimum atomic E-state index is -0.548. The summed E-state index contributed by atoms with van der Waals surface area (Å²) in [4.78, 5) is 11.8. The van der Waals surface area contributed by atoms with Gasteiger partial charge in [0.1, 0.15) is 5.82 Å². The second kappa shape index (κ2) is 4.73. The maximum absolute atomic E-state index is 13.2. The lowest BCUT2D eigenvalue weighted by Crippen LogP contribution is -2.29. The molecule has 1 fully saturated rings. The number of anilines is 1. The minimum Gasteiger partial charge on any atom is -0.396 e. The first kappa shape index (κ1) is 11.9. The van der Waals surface area contributed by atoms with Crippen molar-refractivity contribution in [2.45, 2.75) is 19.8 Å². The van der Waals surface area contributed by atoms with Gasteiger partial charge in [-0.1, -0.05) is 13.0 Å². The summed E-state index contributed by atoms with van der Waals surface area (Å²) in [7, 11) is 0. The number of amides is 1. The van der Waals surface area contributed by atoms with Gasteiger partial charge in [-0.3, -0.25) is 4.79 Å². The second-order valence-electron chi connectivity index (χ2n) is 4.73. The number of rotatable bonds is 4. The van der Waals surface area contributed by atoms with Gasteiger partial charge < -0.3 is 11.1 Å². The molecule has 1 aromatic carbocycles. The van der Waals surface area contributed by atoms with E-state index in [2.05, 4.69) is 12.2 Å². The van der Waals surface area contributed by atoms with E-state index in [0.29, 0.717) is 12.5 Å². The van der Waals surface area contributed by atoms with E-state index in [4.69, 9.17) is 5.73 Å². The number of benzene rings is 1. The molecule has 0 heterocycles. The van der Waals surface area contributed by atoms with Crippen LogP contribution in [0.4, 0.5) is 10.1 Å². The van der Waals surface area contributed by atoms with Gasteiger partial charge in [-0.25, -0.2) is 4.39 Å². The van der Waals surface area contributed by atoms with E-state index in [0.717, 1.165) is 5.92 Å². The molecular weight excluding hydrogens is 219 g/mol. The van der Waals surface area contributed by atoms with E-state index in [1.165, 1.54) is 31.0 Å². The quantitative estimate of drug-likeness (QED) is 0.787. The number of hydrogen-bond donors (Lipinski definition) is 2. The number of nitrogens with one attached hydrogen (secondary N) is 1. The van der Waals surface area contributed by atoms with Crippen molar-refractivity contribution < 1.29 is 9.18 Å². The number of nitrogens with two attached hydrogens (primary N) is 1. The highest BCUT2D eigenvalue weighted by molar-refractivity contribution is 5.99. The molecule has 1 saturated carbocycles. The molecule has 0 spiro atoms. The van der Waals surface area contributed by atoms with E-state index < -0.39 is 5.82 Å². The van der Waals surface area contributed by atoms with Crippen molar-refractivity contribution in [2.75, 3.05) is 12.3 Å². The van der Waals surface area contributed by atoms with Crippen molar-refractivity contribution in [3.63, 3.8) is 0 Å². The highest BCUT2D eigenvalue weighted by Gasteiger charge is 2.28. The van der Waals surface area contributed by atoms with Crippen molar-refractivity contribution in [3.8, 4) is 0 Å². The number of hydrogen-bond acceptors (Lipinski definition) is 2. The average molecular weight is 236 g/mol. The molecule has 0 aromatic heterocycles. The van der Waals surface area contributed by atoms with Crippen LogP contribution >= 0.6 is 0 Å². The first-order valence-corrected chi connectivity index (χ1v) is 5.91. The van der Waals surface area contributed by atoms with Crippen LogP contribution in [-0.2, 0) is 0 Å². The van der Waals surface area contributed by atoms with E-state index in [1.807, 2.05) is 0 Å². The summed E-state index contributed by atoms with van der Waals surface area (Å²) in [5, 5.41) is 2.80. The predicted molar refractivity (Wildman–Crippen MR) is 65.0 cm³/mol. The summed E-state index contributed by atoms with van der Waals surface area (Å²) in [5.74, 6) is 0.372. The van der Waals surface area contributed by atoms with Gasteiger partial charge in [0, 0.05) is 6.54 Å². The molecule has 2 rings (SSSR count). The Kier molecular flexibility index (Phi) is 3.31. The van der Waals surface area contributed by atoms with Crippen LogP contribution in [0.5, 0.6) is 0 Å². The standard InChI is InChI=1S/C13H17FN2O/c1-8(9-5-6-9)7-16-13(17)10-3-2-4-11(14)12(10)15/h2-4,8-9H,5-7,15H2,1H3,(H,16,17). The third kappa shape index (κ3) is 2.75. The molecule has 1 unspecified atom stereocenters. The van der Waals surface area contributed by atoms with Gasteiger partial charge in [0.05, 0.1) is 11.3 Å². The van der Waals surface area contributed by atoms with E-state index in [9.17, 15) is 9.18 Å². The molecule has 1 aromatic rings. The molecule has 17 heavy (non-hydrogen) atoms. The van der Waals surface area contributed by atoms with E-state index >= 15 is 0 Å². The zero-order valence-electron chi connectivity index (χ0n) is 9.87. The van der Waals surface area contributed by atoms with Crippen LogP contribution in [-0.4, -0.2) is 12.5 Å². The number of nitrogen functional groups attached to an aromatic ring is 1. The Hall–Kier alpha value is -1.58. The Morgan fingerprint density at radius 2 is 2.29 bits per heavy atom. The third-order valence-electron chi connectivity index (χ3n) is 3.31. The van der Waals surface area contributed by atoms with Crippen molar-refractivity contribution in [1.82, 2.24) is 5.32 Å². The summed E-state index contributed by atoms with van der Waals surface area (Å²) in [6, 6.07) is 4.28. The van der Waals surface area contributed by atoms with Crippen LogP contribution in [0.1, 0.15) is 30.1 Å². The summed E-state index contributed by atoms with van der Waals surface area (Å²) in [5.41, 5.74) is 5.66. The molecule has 0 bridgehead atoms. The first-order valence-electron chi connectivity index (χ1n) is 5.91. The Bertz CT molecular complexity index is 429. The molecule has 0 aliphatic heterocycles. The number of carbonyl (C=O) groups is 1. The lowest BCUT2D eigenvalue weighted by molar-refractivity contribution is 0.0947. The maximum Gasteiger partial charge on any atom is 0.253 e. The zero-order chi connectivity index (χ0) is 12.4. The van der Waals surface area contributed by atoms with Gasteiger partial charge in [-0.2, -0.15) is 0 Å². The van der Waals surface area contributed by atoms with Crippen LogP contribution in [0.2, 0.25) is 0 Å². The van der Waals surface area contributed by atoms with Gasteiger partial charge in [-0.15, -0.1) is 0 Å². The first-order chi connectivity index (χ1) is 8.09. The smallest absolute Gasteiger partial charge is 0.253 e. The van der Waals surface area contributed by atoms with Crippen molar-refractivity contribution in [2.24, 2.45) is 11.8 Å². The van der Waals surface area contributed by atoms with E-state index in [1.54, 1.807) is 0 Å². The van der Waals surface area contributed by atoms with E-state index in [-0.39, 0.29) is 17.2 Å². The topological polar surface area (TPSA) is 55.1 Å². The molecule has 3 N–H and O–H groups in total. The van der Waals surface area contributed by atoms with Crippen LogP contribution in [0.25, 0.3) is 0 Å². The fourth-order valence-corrected chi connectivity index (χ4v) is 1.92. The lowest BCUT2D eigenvalue weighted by atomic mass is 10.1. The van der Waals surface area contributed by atoms with Gasteiger partial charge in [0.15, 0.2) is 0 Å². The summed E-state index contributed by atoms with van der Waals surface area (Å²) < 4.78 is 13.2. The Balaban J connectivity index is 1.96. The van der Waals surface area contributed by atoms with Crippen molar-refractivity contribution in [3.05, 3.63) is 29.6 Å². The molecule has 3 nitrogen and oxygen atoms in total. The number of carbonyl (C=O) groups excluding carboxylic acids is 1. The van der Waals surface area contributed by atoms with Gasteiger partial charge in [0.2, 0.25) is 0 Å².